The molecule has 2 heterocycles. The molecule has 0 atom stereocenters. The Morgan fingerprint density at radius 1 is 1.12 bits per heavy atom. The van der Waals surface area contributed by atoms with Gasteiger partial charge >= 0.3 is 0 Å². The third kappa shape index (κ3) is 5.28. The lowest BCUT2D eigenvalue weighted by atomic mass is 9.85. The molecule has 2 aromatic carbocycles. The molecule has 0 saturated carbocycles. The lowest BCUT2D eigenvalue weighted by Gasteiger charge is -2.35. The minimum absolute atomic E-state index is 0.475. The maximum atomic E-state index is 12.5. The molecule has 8 heteroatoms. The Balaban J connectivity index is 1.60. The lowest BCUT2D eigenvalue weighted by Crippen LogP contribution is -2.47. The summed E-state index contributed by atoms with van der Waals surface area (Å²) < 4.78 is 36.7. The molecule has 1 fully saturated rings. The van der Waals surface area contributed by atoms with Crippen molar-refractivity contribution in [3.63, 3.8) is 0 Å². The van der Waals surface area contributed by atoms with E-state index in [2.05, 4.69) is 21.8 Å². The zero-order valence-corrected chi connectivity index (χ0v) is 21.0. The maximum Gasteiger partial charge on any atom is 0.240 e. The number of para-hydroxylation sites is 1. The maximum absolute atomic E-state index is 12.5. The van der Waals surface area contributed by atoms with Crippen LogP contribution in [-0.2, 0) is 21.4 Å². The van der Waals surface area contributed by atoms with Crippen molar-refractivity contribution >= 4 is 21.5 Å². The molecule has 0 spiro atoms. The highest BCUT2D eigenvalue weighted by Gasteiger charge is 2.33. The molecular formula is C26H32N2O5S. The van der Waals surface area contributed by atoms with Crippen LogP contribution in [0.1, 0.15) is 43.4 Å². The van der Waals surface area contributed by atoms with Crippen molar-refractivity contribution in [3.8, 4) is 11.5 Å². The van der Waals surface area contributed by atoms with Gasteiger partial charge in [-0.25, -0.2) is 8.42 Å². The summed E-state index contributed by atoms with van der Waals surface area (Å²) >= 11 is 0. The number of carbonyl (C=O) groups excluding carboxylic acids is 1. The summed E-state index contributed by atoms with van der Waals surface area (Å²) in [5, 5.41) is 0. The van der Waals surface area contributed by atoms with Gasteiger partial charge in [0.05, 0.1) is 18.8 Å². The van der Waals surface area contributed by atoms with E-state index in [1.54, 1.807) is 21.0 Å². The summed E-state index contributed by atoms with van der Waals surface area (Å²) in [5.41, 5.74) is 5.13. The van der Waals surface area contributed by atoms with Crippen LogP contribution >= 0.6 is 0 Å². The Labute approximate surface area is 201 Å². The van der Waals surface area contributed by atoms with E-state index >= 15 is 0 Å². The van der Waals surface area contributed by atoms with E-state index in [-0.39, 0.29) is 0 Å². The van der Waals surface area contributed by atoms with Gasteiger partial charge in [0, 0.05) is 30.8 Å². The third-order valence-electron chi connectivity index (χ3n) is 6.45. The molecule has 7 nitrogen and oxygen atoms in total. The van der Waals surface area contributed by atoms with Gasteiger partial charge in [0.2, 0.25) is 15.9 Å². The van der Waals surface area contributed by atoms with Crippen LogP contribution in [0.4, 0.5) is 0 Å². The second kappa shape index (κ2) is 9.43. The Morgan fingerprint density at radius 2 is 1.82 bits per heavy atom. The number of carbonyl (C=O) groups is 1. The predicted molar refractivity (Wildman–Crippen MR) is 132 cm³/mol. The number of ether oxygens (including phenoxy) is 2. The van der Waals surface area contributed by atoms with Crippen LogP contribution in [0.3, 0.4) is 0 Å². The van der Waals surface area contributed by atoms with E-state index in [0.717, 1.165) is 54.8 Å². The average molecular weight is 485 g/mol. The predicted octanol–water partition coefficient (Wildman–Crippen LogP) is 3.59. The summed E-state index contributed by atoms with van der Waals surface area (Å²) in [5.74, 6) is 1.21. The van der Waals surface area contributed by atoms with Crippen molar-refractivity contribution < 1.29 is 22.7 Å². The lowest BCUT2D eigenvalue weighted by molar-refractivity contribution is -0.128. The van der Waals surface area contributed by atoms with Crippen LogP contribution in [0.25, 0.3) is 5.57 Å². The summed E-state index contributed by atoms with van der Waals surface area (Å²) in [6.07, 6.45) is 2.72. The first-order chi connectivity index (χ1) is 16.1. The number of likely N-dealkylation sites (tertiary alicyclic amines) is 1. The highest BCUT2D eigenvalue weighted by Crippen LogP contribution is 2.41. The van der Waals surface area contributed by atoms with Crippen LogP contribution < -0.4 is 14.2 Å². The number of piperidine rings is 1. The van der Waals surface area contributed by atoms with E-state index in [0.29, 0.717) is 13.2 Å². The smallest absolute Gasteiger partial charge is 0.240 e. The van der Waals surface area contributed by atoms with E-state index < -0.39 is 21.3 Å². The number of nitrogens with zero attached hydrogens (tertiary/aromatic N) is 1. The first-order valence-corrected chi connectivity index (χ1v) is 13.3. The standard InChI is InChI=1S/C26H32N2O5S/c1-26(2,25(29)27-34(4,30)31)17-28-13-11-18(12-14-28)24-21-10-9-20(32-3)15-19(21)16-33-23-8-6-5-7-22(23)24/h5-10,15H,11-14,16-17H2,1-4H3,(H,27,29). The fraction of sp³-hybridized carbons (Fsp3) is 0.423. The summed E-state index contributed by atoms with van der Waals surface area (Å²) in [7, 11) is -1.91. The molecule has 0 bridgehead atoms. The SMILES string of the molecule is COc1ccc2c(c1)COc1ccccc1C2=C1CCN(CC(C)(C)C(=O)NS(C)(=O)=O)CC1. The molecule has 1 N–H and O–H groups in total. The van der Waals surface area contributed by atoms with Crippen LogP contribution in [0.15, 0.2) is 48.0 Å². The molecule has 182 valence electrons. The van der Waals surface area contributed by atoms with Gasteiger partial charge < -0.3 is 14.4 Å². The Kier molecular flexibility index (Phi) is 6.73. The second-order valence-corrected chi connectivity index (χ2v) is 11.4. The number of nitrogens with one attached hydrogen (secondary N) is 1. The summed E-state index contributed by atoms with van der Waals surface area (Å²) in [6.45, 7) is 6.13. The van der Waals surface area contributed by atoms with Gasteiger partial charge in [-0.2, -0.15) is 0 Å². The van der Waals surface area contributed by atoms with Crippen molar-refractivity contribution in [2.75, 3.05) is 33.0 Å². The van der Waals surface area contributed by atoms with Gasteiger partial charge in [-0.1, -0.05) is 29.8 Å². The van der Waals surface area contributed by atoms with Gasteiger partial charge in [0.15, 0.2) is 0 Å². The summed E-state index contributed by atoms with van der Waals surface area (Å²) in [4.78, 5) is 14.7. The number of hydrogen-bond acceptors (Lipinski definition) is 6. The minimum Gasteiger partial charge on any atom is -0.497 e. The van der Waals surface area contributed by atoms with Gasteiger partial charge in [-0.3, -0.25) is 9.52 Å². The molecule has 1 saturated heterocycles. The quantitative estimate of drug-likeness (QED) is 0.698. The minimum atomic E-state index is -3.58. The number of amides is 1. The Hall–Kier alpha value is -2.84. The van der Waals surface area contributed by atoms with Crippen molar-refractivity contribution in [3.05, 3.63) is 64.7 Å². The monoisotopic (exact) mass is 484 g/mol. The number of fused-ring (bicyclic) bond motifs is 2. The van der Waals surface area contributed by atoms with Gasteiger partial charge in [0.25, 0.3) is 0 Å². The molecule has 0 radical (unpaired) electrons. The molecule has 0 aromatic heterocycles. The number of hydrogen-bond donors (Lipinski definition) is 1. The van der Waals surface area contributed by atoms with E-state index in [4.69, 9.17) is 9.47 Å². The molecule has 4 rings (SSSR count). The second-order valence-electron chi connectivity index (χ2n) is 9.65. The van der Waals surface area contributed by atoms with E-state index in [1.807, 2.05) is 30.3 Å². The number of methoxy groups -OCH3 is 1. The van der Waals surface area contributed by atoms with Crippen molar-refractivity contribution in [1.29, 1.82) is 0 Å². The fourth-order valence-electron chi connectivity index (χ4n) is 4.71. The normalized spacial score (nSPS) is 16.7. The highest BCUT2D eigenvalue weighted by molar-refractivity contribution is 7.89. The topological polar surface area (TPSA) is 84.9 Å². The van der Waals surface area contributed by atoms with E-state index in [9.17, 15) is 13.2 Å². The van der Waals surface area contributed by atoms with Gasteiger partial charge in [-0.05, 0) is 56.0 Å². The molecule has 34 heavy (non-hydrogen) atoms. The van der Waals surface area contributed by atoms with Crippen molar-refractivity contribution in [2.24, 2.45) is 5.41 Å². The Bertz CT molecular complexity index is 1220. The first-order valence-electron chi connectivity index (χ1n) is 11.4. The summed E-state index contributed by atoms with van der Waals surface area (Å²) in [6, 6.07) is 14.3. The highest BCUT2D eigenvalue weighted by atomic mass is 32.2. The third-order valence-corrected chi connectivity index (χ3v) is 7.00. The average Bonchev–Trinajstić information content (AvgIpc) is 2.95. The van der Waals surface area contributed by atoms with Crippen molar-refractivity contribution in [1.82, 2.24) is 9.62 Å². The first kappa shape index (κ1) is 24.3. The van der Waals surface area contributed by atoms with Gasteiger partial charge in [-0.15, -0.1) is 0 Å². The molecule has 0 aliphatic carbocycles. The number of benzene rings is 2. The largest absolute Gasteiger partial charge is 0.497 e. The molecule has 1 amide bonds. The Morgan fingerprint density at radius 3 is 2.50 bits per heavy atom. The van der Waals surface area contributed by atoms with Crippen LogP contribution in [-0.4, -0.2) is 52.2 Å². The van der Waals surface area contributed by atoms with Gasteiger partial charge in [0.1, 0.15) is 18.1 Å². The van der Waals surface area contributed by atoms with E-state index in [1.165, 1.54) is 16.7 Å². The van der Waals surface area contributed by atoms with Crippen LogP contribution in [0.2, 0.25) is 0 Å². The number of sulfonamides is 1. The zero-order chi connectivity index (χ0) is 24.5. The van der Waals surface area contributed by atoms with Crippen LogP contribution in [0.5, 0.6) is 11.5 Å². The molecule has 2 aliphatic rings. The number of rotatable bonds is 5. The molecule has 0 unspecified atom stereocenters. The zero-order valence-electron chi connectivity index (χ0n) is 20.2. The molecule has 2 aromatic rings. The fourth-order valence-corrected chi connectivity index (χ4v) is 5.32. The molecular weight excluding hydrogens is 452 g/mol. The molecule has 2 aliphatic heterocycles. The van der Waals surface area contributed by atoms with Crippen molar-refractivity contribution in [2.45, 2.75) is 33.3 Å². The van der Waals surface area contributed by atoms with Crippen LogP contribution in [0, 0.1) is 5.41 Å².